The van der Waals surface area contributed by atoms with E-state index in [1.165, 1.54) is 0 Å². The Morgan fingerprint density at radius 2 is 1.64 bits per heavy atom. The van der Waals surface area contributed by atoms with Gasteiger partial charge in [0.1, 0.15) is 5.75 Å². The minimum atomic E-state index is -3.48. The lowest BCUT2D eigenvalue weighted by atomic mass is 10.1. The molecule has 6 heteroatoms. The largest absolute Gasteiger partial charge is 0.497 e. The average molecular weight is 395 g/mol. The predicted molar refractivity (Wildman–Crippen MR) is 109 cm³/mol. The number of anilines is 1. The van der Waals surface area contributed by atoms with Crippen molar-refractivity contribution in [3.8, 4) is 5.75 Å². The number of sulfone groups is 1. The van der Waals surface area contributed by atoms with Crippen LogP contribution in [-0.4, -0.2) is 21.4 Å². The fraction of sp³-hybridized carbons (Fsp3) is 0.136. The van der Waals surface area contributed by atoms with E-state index in [9.17, 15) is 13.2 Å². The van der Waals surface area contributed by atoms with Gasteiger partial charge in [-0.05, 0) is 61.0 Å². The number of rotatable bonds is 6. The minimum absolute atomic E-state index is 0.167. The molecule has 1 amide bonds. The molecule has 0 bridgehead atoms. The van der Waals surface area contributed by atoms with Crippen LogP contribution in [-0.2, 0) is 15.6 Å². The highest BCUT2D eigenvalue weighted by Crippen LogP contribution is 2.19. The second-order valence-electron chi connectivity index (χ2n) is 6.46. The molecule has 0 heterocycles. The van der Waals surface area contributed by atoms with E-state index < -0.39 is 9.84 Å². The van der Waals surface area contributed by atoms with Crippen molar-refractivity contribution in [2.45, 2.75) is 17.6 Å². The number of carbonyl (C=O) groups excluding carboxylic acids is 1. The number of aryl methyl sites for hydroxylation is 1. The molecule has 0 radical (unpaired) electrons. The molecule has 0 aliphatic carbocycles. The quantitative estimate of drug-likeness (QED) is 0.678. The maximum atomic E-state index is 12.6. The maximum Gasteiger partial charge on any atom is 0.255 e. The average Bonchev–Trinajstić information content (AvgIpc) is 2.69. The Morgan fingerprint density at radius 1 is 0.964 bits per heavy atom. The molecular weight excluding hydrogens is 374 g/mol. The van der Waals surface area contributed by atoms with Crippen molar-refractivity contribution in [2.75, 3.05) is 12.4 Å². The molecule has 0 saturated carbocycles. The number of methoxy groups -OCH3 is 1. The smallest absolute Gasteiger partial charge is 0.255 e. The van der Waals surface area contributed by atoms with Gasteiger partial charge >= 0.3 is 0 Å². The zero-order chi connectivity index (χ0) is 20.1. The Hall–Kier alpha value is -3.12. The van der Waals surface area contributed by atoms with Crippen LogP contribution in [0.2, 0.25) is 0 Å². The molecule has 0 aliphatic rings. The fourth-order valence-corrected chi connectivity index (χ4v) is 4.06. The Bertz CT molecular complexity index is 1070. The van der Waals surface area contributed by atoms with Crippen LogP contribution in [0.15, 0.2) is 77.7 Å². The zero-order valence-electron chi connectivity index (χ0n) is 15.7. The summed E-state index contributed by atoms with van der Waals surface area (Å²) in [5, 5.41) is 2.79. The molecule has 3 rings (SSSR count). The van der Waals surface area contributed by atoms with Gasteiger partial charge in [0, 0.05) is 11.3 Å². The van der Waals surface area contributed by atoms with Crippen molar-refractivity contribution >= 4 is 21.4 Å². The van der Waals surface area contributed by atoms with E-state index >= 15 is 0 Å². The summed E-state index contributed by atoms with van der Waals surface area (Å²) in [7, 11) is -1.91. The highest BCUT2D eigenvalue weighted by molar-refractivity contribution is 7.90. The van der Waals surface area contributed by atoms with Crippen LogP contribution >= 0.6 is 0 Å². The number of benzene rings is 3. The van der Waals surface area contributed by atoms with Gasteiger partial charge in [0.15, 0.2) is 9.84 Å². The number of nitrogens with one attached hydrogen (secondary N) is 1. The highest BCUT2D eigenvalue weighted by atomic mass is 32.2. The first-order valence-electron chi connectivity index (χ1n) is 8.71. The molecule has 5 nitrogen and oxygen atoms in total. The fourth-order valence-electron chi connectivity index (χ4n) is 2.73. The van der Waals surface area contributed by atoms with Crippen LogP contribution in [0.4, 0.5) is 5.69 Å². The number of hydrogen-bond acceptors (Lipinski definition) is 4. The summed E-state index contributed by atoms with van der Waals surface area (Å²) in [5.41, 5.74) is 2.58. The van der Waals surface area contributed by atoms with Gasteiger partial charge in [-0.3, -0.25) is 4.79 Å². The van der Waals surface area contributed by atoms with E-state index in [0.29, 0.717) is 22.6 Å². The van der Waals surface area contributed by atoms with Gasteiger partial charge in [-0.15, -0.1) is 0 Å². The van der Waals surface area contributed by atoms with E-state index in [1.54, 1.807) is 79.9 Å². The number of hydrogen-bond donors (Lipinski definition) is 1. The van der Waals surface area contributed by atoms with Crippen LogP contribution in [0.5, 0.6) is 5.75 Å². The van der Waals surface area contributed by atoms with Crippen molar-refractivity contribution in [1.82, 2.24) is 0 Å². The van der Waals surface area contributed by atoms with Crippen molar-refractivity contribution in [1.29, 1.82) is 0 Å². The molecule has 0 saturated heterocycles. The highest BCUT2D eigenvalue weighted by Gasteiger charge is 2.16. The summed E-state index contributed by atoms with van der Waals surface area (Å²) in [6.45, 7) is 1.90. The second-order valence-corrected chi connectivity index (χ2v) is 8.44. The van der Waals surface area contributed by atoms with Crippen LogP contribution in [0, 0.1) is 6.92 Å². The van der Waals surface area contributed by atoms with Gasteiger partial charge in [-0.2, -0.15) is 0 Å². The topological polar surface area (TPSA) is 72.5 Å². The molecule has 0 fully saturated rings. The van der Waals surface area contributed by atoms with Crippen molar-refractivity contribution in [2.24, 2.45) is 0 Å². The van der Waals surface area contributed by atoms with Crippen LogP contribution in [0.25, 0.3) is 0 Å². The van der Waals surface area contributed by atoms with Crippen LogP contribution in [0.3, 0.4) is 0 Å². The molecule has 0 spiro atoms. The molecule has 1 N–H and O–H groups in total. The van der Waals surface area contributed by atoms with Gasteiger partial charge in [-0.25, -0.2) is 8.42 Å². The Kier molecular flexibility index (Phi) is 5.80. The summed E-state index contributed by atoms with van der Waals surface area (Å²) >= 11 is 0. The molecule has 28 heavy (non-hydrogen) atoms. The van der Waals surface area contributed by atoms with Gasteiger partial charge in [0.25, 0.3) is 5.91 Å². The first kappa shape index (κ1) is 19.6. The van der Waals surface area contributed by atoms with E-state index in [2.05, 4.69) is 5.32 Å². The predicted octanol–water partition coefficient (Wildman–Crippen LogP) is 4.23. The third kappa shape index (κ3) is 4.78. The van der Waals surface area contributed by atoms with E-state index in [4.69, 9.17) is 4.74 Å². The molecule has 0 unspecified atom stereocenters. The maximum absolute atomic E-state index is 12.6. The first-order chi connectivity index (χ1) is 13.4. The van der Waals surface area contributed by atoms with Crippen molar-refractivity contribution < 1.29 is 17.9 Å². The lowest BCUT2D eigenvalue weighted by Crippen LogP contribution is -2.12. The van der Waals surface area contributed by atoms with Crippen LogP contribution in [0.1, 0.15) is 21.5 Å². The summed E-state index contributed by atoms with van der Waals surface area (Å²) in [6.07, 6.45) is 0. The normalized spacial score (nSPS) is 11.1. The molecule has 0 aromatic heterocycles. The second kappa shape index (κ2) is 8.27. The van der Waals surface area contributed by atoms with E-state index in [-0.39, 0.29) is 16.6 Å². The molecule has 3 aromatic rings. The lowest BCUT2D eigenvalue weighted by molar-refractivity contribution is 0.102. The van der Waals surface area contributed by atoms with Gasteiger partial charge < -0.3 is 10.1 Å². The van der Waals surface area contributed by atoms with Crippen molar-refractivity contribution in [3.63, 3.8) is 0 Å². The molecule has 144 valence electrons. The molecular formula is C22H21NO4S. The Morgan fingerprint density at radius 3 is 2.29 bits per heavy atom. The minimum Gasteiger partial charge on any atom is -0.497 e. The van der Waals surface area contributed by atoms with E-state index in [1.807, 2.05) is 6.92 Å². The Labute approximate surface area is 164 Å². The summed E-state index contributed by atoms with van der Waals surface area (Å²) in [6, 6.07) is 20.4. The molecule has 0 aliphatic heterocycles. The summed E-state index contributed by atoms with van der Waals surface area (Å²) in [5.74, 6) is 0.223. The number of amides is 1. The first-order valence-corrected chi connectivity index (χ1v) is 10.4. The van der Waals surface area contributed by atoms with Gasteiger partial charge in [0.05, 0.1) is 17.8 Å². The van der Waals surface area contributed by atoms with E-state index in [0.717, 1.165) is 5.56 Å². The third-order valence-corrected chi connectivity index (χ3v) is 5.98. The van der Waals surface area contributed by atoms with Gasteiger partial charge in [-0.1, -0.05) is 29.8 Å². The zero-order valence-corrected chi connectivity index (χ0v) is 16.5. The third-order valence-electron chi connectivity index (χ3n) is 4.27. The monoisotopic (exact) mass is 395 g/mol. The summed E-state index contributed by atoms with van der Waals surface area (Å²) < 4.78 is 30.4. The SMILES string of the molecule is COc1ccc(NC(=O)c2cccc(CS(=O)(=O)c3ccc(C)cc3)c2)cc1. The lowest BCUT2D eigenvalue weighted by Gasteiger charge is -2.09. The van der Waals surface area contributed by atoms with Crippen molar-refractivity contribution in [3.05, 3.63) is 89.5 Å². The summed E-state index contributed by atoms with van der Waals surface area (Å²) in [4.78, 5) is 12.8. The number of carbonyl (C=O) groups is 1. The number of ether oxygens (including phenoxy) is 1. The molecule has 0 atom stereocenters. The van der Waals surface area contributed by atoms with Gasteiger partial charge in [0.2, 0.25) is 0 Å². The standard InChI is InChI=1S/C22H21NO4S/c1-16-6-12-21(13-7-16)28(25,26)15-17-4-3-5-18(14-17)22(24)23-19-8-10-20(27-2)11-9-19/h3-14H,15H2,1-2H3,(H,23,24). The Balaban J connectivity index is 1.75. The van der Waals surface area contributed by atoms with Crippen LogP contribution < -0.4 is 10.1 Å². The molecule has 3 aromatic carbocycles.